The molecule has 1 aromatic carbocycles. The molecule has 0 radical (unpaired) electrons. The van der Waals surface area contributed by atoms with E-state index in [2.05, 4.69) is 21.2 Å². The quantitative estimate of drug-likeness (QED) is 0.843. The highest BCUT2D eigenvalue weighted by Gasteiger charge is 2.32. The second kappa shape index (κ2) is 6.37. The molecule has 0 aliphatic carbocycles. The van der Waals surface area contributed by atoms with Crippen LogP contribution in [0.3, 0.4) is 0 Å². The van der Waals surface area contributed by atoms with E-state index in [9.17, 15) is 13.2 Å². The lowest BCUT2D eigenvalue weighted by Crippen LogP contribution is -2.19. The third-order valence-corrected chi connectivity index (χ3v) is 2.84. The van der Waals surface area contributed by atoms with E-state index in [1.54, 1.807) is 13.2 Å². The normalized spacial score (nSPS) is 11.8. The van der Waals surface area contributed by atoms with Crippen LogP contribution in [0.4, 0.5) is 13.2 Å². The highest BCUT2D eigenvalue weighted by Crippen LogP contribution is 2.35. The lowest BCUT2D eigenvalue weighted by molar-refractivity contribution is -0.138. The van der Waals surface area contributed by atoms with Gasteiger partial charge in [-0.05, 0) is 17.7 Å². The van der Waals surface area contributed by atoms with Crippen molar-refractivity contribution in [1.29, 1.82) is 0 Å². The molecule has 17 heavy (non-hydrogen) atoms. The van der Waals surface area contributed by atoms with Gasteiger partial charge in [0.1, 0.15) is 0 Å². The van der Waals surface area contributed by atoms with E-state index in [1.165, 1.54) is 6.07 Å². The van der Waals surface area contributed by atoms with Crippen molar-refractivity contribution in [2.45, 2.75) is 12.7 Å². The van der Waals surface area contributed by atoms with Gasteiger partial charge in [-0.1, -0.05) is 22.0 Å². The number of methoxy groups -OCH3 is 1. The SMILES string of the molecule is COCCNCc1ccc(Br)c(C(F)(F)F)c1. The van der Waals surface area contributed by atoms with Gasteiger partial charge in [-0.25, -0.2) is 0 Å². The van der Waals surface area contributed by atoms with Gasteiger partial charge in [-0.3, -0.25) is 0 Å². The first-order chi connectivity index (χ1) is 7.95. The van der Waals surface area contributed by atoms with Gasteiger partial charge in [0.05, 0.1) is 12.2 Å². The minimum Gasteiger partial charge on any atom is -0.383 e. The number of benzene rings is 1. The predicted octanol–water partition coefficient (Wildman–Crippen LogP) is 3.20. The third kappa shape index (κ3) is 4.65. The number of alkyl halides is 3. The van der Waals surface area contributed by atoms with Gasteiger partial charge in [0, 0.05) is 24.7 Å². The van der Waals surface area contributed by atoms with E-state index >= 15 is 0 Å². The molecule has 0 fully saturated rings. The first-order valence-corrected chi connectivity index (χ1v) is 5.79. The fraction of sp³-hybridized carbons (Fsp3) is 0.455. The number of halogens is 4. The zero-order valence-electron chi connectivity index (χ0n) is 9.27. The maximum Gasteiger partial charge on any atom is 0.417 e. The molecule has 1 rings (SSSR count). The first-order valence-electron chi connectivity index (χ1n) is 5.00. The van der Waals surface area contributed by atoms with Gasteiger partial charge in [0.15, 0.2) is 0 Å². The van der Waals surface area contributed by atoms with Crippen molar-refractivity contribution in [2.24, 2.45) is 0 Å². The number of hydrogen-bond acceptors (Lipinski definition) is 2. The summed E-state index contributed by atoms with van der Waals surface area (Å²) in [6, 6.07) is 4.21. The van der Waals surface area contributed by atoms with Crippen molar-refractivity contribution in [3.8, 4) is 0 Å². The Kier molecular flexibility index (Phi) is 5.42. The summed E-state index contributed by atoms with van der Waals surface area (Å²) in [5.41, 5.74) is -0.0554. The van der Waals surface area contributed by atoms with E-state index in [0.29, 0.717) is 25.3 Å². The number of rotatable bonds is 5. The summed E-state index contributed by atoms with van der Waals surface area (Å²) in [4.78, 5) is 0. The number of nitrogens with one attached hydrogen (secondary N) is 1. The van der Waals surface area contributed by atoms with Gasteiger partial charge in [-0.2, -0.15) is 13.2 Å². The van der Waals surface area contributed by atoms with Crippen molar-refractivity contribution in [1.82, 2.24) is 5.32 Å². The first kappa shape index (κ1) is 14.5. The summed E-state index contributed by atoms with van der Waals surface area (Å²) in [6.07, 6.45) is -4.33. The Balaban J connectivity index is 2.69. The lowest BCUT2D eigenvalue weighted by atomic mass is 10.1. The summed E-state index contributed by atoms with van der Waals surface area (Å²) in [5, 5.41) is 2.99. The van der Waals surface area contributed by atoms with Gasteiger partial charge in [0.25, 0.3) is 0 Å². The predicted molar refractivity (Wildman–Crippen MR) is 62.7 cm³/mol. The van der Waals surface area contributed by atoms with E-state index < -0.39 is 11.7 Å². The molecule has 0 heterocycles. The van der Waals surface area contributed by atoms with Crippen LogP contribution in [0.1, 0.15) is 11.1 Å². The van der Waals surface area contributed by atoms with Gasteiger partial charge in [0.2, 0.25) is 0 Å². The summed E-state index contributed by atoms with van der Waals surface area (Å²) >= 11 is 2.90. The maximum atomic E-state index is 12.6. The highest BCUT2D eigenvalue weighted by atomic mass is 79.9. The second-order valence-electron chi connectivity index (χ2n) is 3.48. The molecule has 0 bridgehead atoms. The molecule has 0 atom stereocenters. The Morgan fingerprint density at radius 1 is 1.35 bits per heavy atom. The fourth-order valence-electron chi connectivity index (χ4n) is 1.31. The average molecular weight is 312 g/mol. The van der Waals surface area contributed by atoms with E-state index in [-0.39, 0.29) is 4.47 Å². The second-order valence-corrected chi connectivity index (χ2v) is 4.34. The minimum absolute atomic E-state index is 0.0608. The molecule has 96 valence electrons. The molecule has 0 saturated heterocycles. The zero-order chi connectivity index (χ0) is 12.9. The van der Waals surface area contributed by atoms with Crippen LogP contribution in [0.25, 0.3) is 0 Å². The zero-order valence-corrected chi connectivity index (χ0v) is 10.9. The Hall–Kier alpha value is -0.590. The van der Waals surface area contributed by atoms with Crippen LogP contribution < -0.4 is 5.32 Å². The van der Waals surface area contributed by atoms with Crippen LogP contribution >= 0.6 is 15.9 Å². The third-order valence-electron chi connectivity index (χ3n) is 2.15. The van der Waals surface area contributed by atoms with E-state index in [4.69, 9.17) is 4.74 Å². The van der Waals surface area contributed by atoms with E-state index in [0.717, 1.165) is 6.07 Å². The van der Waals surface area contributed by atoms with Crippen LogP contribution in [0, 0.1) is 0 Å². The van der Waals surface area contributed by atoms with E-state index in [1.807, 2.05) is 0 Å². The molecule has 6 heteroatoms. The van der Waals surface area contributed by atoms with Crippen molar-refractivity contribution in [3.63, 3.8) is 0 Å². The maximum absolute atomic E-state index is 12.6. The lowest BCUT2D eigenvalue weighted by Gasteiger charge is -2.11. The summed E-state index contributed by atoms with van der Waals surface area (Å²) in [7, 11) is 1.57. The fourth-order valence-corrected chi connectivity index (χ4v) is 1.78. The smallest absolute Gasteiger partial charge is 0.383 e. The molecule has 0 amide bonds. The van der Waals surface area contributed by atoms with Crippen molar-refractivity contribution < 1.29 is 17.9 Å². The van der Waals surface area contributed by atoms with Crippen LogP contribution in [-0.2, 0) is 17.5 Å². The summed E-state index contributed by atoms with van der Waals surface area (Å²) in [5.74, 6) is 0. The molecule has 1 aromatic rings. The largest absolute Gasteiger partial charge is 0.417 e. The number of hydrogen-bond donors (Lipinski definition) is 1. The molecule has 0 saturated carbocycles. The van der Waals surface area contributed by atoms with Gasteiger partial charge < -0.3 is 10.1 Å². The Labute approximate surface area is 106 Å². The monoisotopic (exact) mass is 311 g/mol. The Bertz CT molecular complexity index is 368. The molecular weight excluding hydrogens is 299 g/mol. The van der Waals surface area contributed by atoms with Crippen LogP contribution in [0.15, 0.2) is 22.7 Å². The molecule has 2 nitrogen and oxygen atoms in total. The van der Waals surface area contributed by atoms with Gasteiger partial charge >= 0.3 is 6.18 Å². The highest BCUT2D eigenvalue weighted by molar-refractivity contribution is 9.10. The number of ether oxygens (including phenoxy) is 1. The Morgan fingerprint density at radius 3 is 2.65 bits per heavy atom. The minimum atomic E-state index is -4.33. The average Bonchev–Trinajstić information content (AvgIpc) is 2.25. The van der Waals surface area contributed by atoms with Crippen LogP contribution in [0.5, 0.6) is 0 Å². The van der Waals surface area contributed by atoms with Crippen LogP contribution in [0.2, 0.25) is 0 Å². The topological polar surface area (TPSA) is 21.3 Å². The van der Waals surface area contributed by atoms with Crippen molar-refractivity contribution >= 4 is 15.9 Å². The standard InChI is InChI=1S/C11H13BrF3NO/c1-17-5-4-16-7-8-2-3-10(12)9(6-8)11(13,14)15/h2-3,6,16H,4-5,7H2,1H3. The summed E-state index contributed by atoms with van der Waals surface area (Å²) < 4.78 is 42.7. The molecule has 1 N–H and O–H groups in total. The van der Waals surface area contributed by atoms with Crippen molar-refractivity contribution in [3.05, 3.63) is 33.8 Å². The molecule has 0 unspecified atom stereocenters. The van der Waals surface area contributed by atoms with Crippen LogP contribution in [-0.4, -0.2) is 20.3 Å². The van der Waals surface area contributed by atoms with Gasteiger partial charge in [-0.15, -0.1) is 0 Å². The van der Waals surface area contributed by atoms with Crippen molar-refractivity contribution in [2.75, 3.05) is 20.3 Å². The molecule has 0 aromatic heterocycles. The summed E-state index contributed by atoms with van der Waals surface area (Å²) in [6.45, 7) is 1.52. The molecule has 0 aliphatic heterocycles. The molecular formula is C11H13BrF3NO. The Morgan fingerprint density at radius 2 is 2.06 bits per heavy atom. The molecule has 0 aliphatic rings. The molecule has 0 spiro atoms.